The lowest BCUT2D eigenvalue weighted by Crippen LogP contribution is -2.33. The van der Waals surface area contributed by atoms with Crippen molar-refractivity contribution in [1.82, 2.24) is 5.32 Å². The Bertz CT molecular complexity index is 1010. The summed E-state index contributed by atoms with van der Waals surface area (Å²) in [7, 11) is 0. The Kier molecular flexibility index (Phi) is 6.99. The van der Waals surface area contributed by atoms with E-state index in [0.29, 0.717) is 5.75 Å². The summed E-state index contributed by atoms with van der Waals surface area (Å²) in [5.74, 6) is 0.490. The van der Waals surface area contributed by atoms with E-state index in [0.717, 1.165) is 21.2 Å². The van der Waals surface area contributed by atoms with E-state index in [4.69, 9.17) is 4.74 Å². The molecule has 0 saturated heterocycles. The maximum atomic E-state index is 12.8. The summed E-state index contributed by atoms with van der Waals surface area (Å²) in [6.45, 7) is 8.50. The highest BCUT2D eigenvalue weighted by Crippen LogP contribution is 2.31. The zero-order chi connectivity index (χ0) is 21.7. The molecule has 0 aliphatic carbocycles. The van der Waals surface area contributed by atoms with Gasteiger partial charge < -0.3 is 10.1 Å². The molecule has 156 valence electrons. The van der Waals surface area contributed by atoms with Gasteiger partial charge in [-0.05, 0) is 62.7 Å². The van der Waals surface area contributed by atoms with E-state index in [9.17, 15) is 4.79 Å². The predicted octanol–water partition coefficient (Wildman–Crippen LogP) is 6.34. The van der Waals surface area contributed by atoms with Gasteiger partial charge in [-0.2, -0.15) is 0 Å². The van der Waals surface area contributed by atoms with Gasteiger partial charge in [-0.3, -0.25) is 4.79 Å². The Morgan fingerprint density at radius 2 is 1.67 bits per heavy atom. The molecule has 0 aliphatic heterocycles. The molecule has 0 aromatic heterocycles. The molecular formula is C26H28BrNO2. The molecule has 4 heteroatoms. The summed E-state index contributed by atoms with van der Waals surface area (Å²) in [5.41, 5.74) is 4.50. The first-order valence-corrected chi connectivity index (χ1v) is 10.9. The van der Waals surface area contributed by atoms with Crippen molar-refractivity contribution in [2.24, 2.45) is 0 Å². The van der Waals surface area contributed by atoms with E-state index >= 15 is 0 Å². The van der Waals surface area contributed by atoms with Crippen LogP contribution in [0, 0.1) is 6.92 Å². The highest BCUT2D eigenvalue weighted by atomic mass is 79.9. The van der Waals surface area contributed by atoms with Crippen molar-refractivity contribution in [3.63, 3.8) is 0 Å². The fraction of sp³-hybridized carbons (Fsp3) is 0.269. The number of aryl methyl sites for hydroxylation is 1. The highest BCUT2D eigenvalue weighted by Gasteiger charge is 2.19. The van der Waals surface area contributed by atoms with E-state index in [1.54, 1.807) is 0 Å². The molecule has 3 aromatic rings. The molecule has 30 heavy (non-hydrogen) atoms. The third-order valence-electron chi connectivity index (χ3n) is 5.09. The molecular weight excluding hydrogens is 438 g/mol. The van der Waals surface area contributed by atoms with Gasteiger partial charge in [-0.1, -0.05) is 81.4 Å². The van der Waals surface area contributed by atoms with Crippen molar-refractivity contribution >= 4 is 21.8 Å². The SMILES string of the molecule is Cc1ccccc1[C@@H](NC(=O)COc1ccc(C(C)(C)C)cc1Br)c1ccccc1. The summed E-state index contributed by atoms with van der Waals surface area (Å²) in [6.07, 6.45) is 0. The zero-order valence-corrected chi connectivity index (χ0v) is 19.5. The third-order valence-corrected chi connectivity index (χ3v) is 5.71. The Labute approximate surface area is 187 Å². The molecule has 1 N–H and O–H groups in total. The monoisotopic (exact) mass is 465 g/mol. The second-order valence-corrected chi connectivity index (χ2v) is 9.31. The number of benzene rings is 3. The zero-order valence-electron chi connectivity index (χ0n) is 17.9. The molecule has 0 fully saturated rings. The number of ether oxygens (including phenoxy) is 1. The summed E-state index contributed by atoms with van der Waals surface area (Å²) in [5, 5.41) is 3.14. The quantitative estimate of drug-likeness (QED) is 0.461. The molecule has 0 unspecified atom stereocenters. The molecule has 0 saturated carbocycles. The van der Waals surface area contributed by atoms with Gasteiger partial charge >= 0.3 is 0 Å². The minimum atomic E-state index is -0.227. The normalized spacial score (nSPS) is 12.3. The largest absolute Gasteiger partial charge is 0.483 e. The molecule has 0 spiro atoms. The van der Waals surface area contributed by atoms with E-state index in [1.165, 1.54) is 5.56 Å². The lowest BCUT2D eigenvalue weighted by molar-refractivity contribution is -0.123. The van der Waals surface area contributed by atoms with Gasteiger partial charge in [0.05, 0.1) is 10.5 Å². The number of halogens is 1. The predicted molar refractivity (Wildman–Crippen MR) is 126 cm³/mol. The van der Waals surface area contributed by atoms with E-state index in [-0.39, 0.29) is 24.0 Å². The van der Waals surface area contributed by atoms with Crippen LogP contribution in [0.4, 0.5) is 0 Å². The van der Waals surface area contributed by atoms with E-state index in [1.807, 2.05) is 60.7 Å². The molecule has 0 radical (unpaired) electrons. The van der Waals surface area contributed by atoms with Crippen LogP contribution in [0.1, 0.15) is 49.1 Å². The fourth-order valence-corrected chi connectivity index (χ4v) is 3.82. The van der Waals surface area contributed by atoms with Crippen LogP contribution in [0.5, 0.6) is 5.75 Å². The van der Waals surface area contributed by atoms with Gasteiger partial charge in [0.2, 0.25) is 0 Å². The van der Waals surface area contributed by atoms with Gasteiger partial charge in [0.25, 0.3) is 5.91 Å². The minimum Gasteiger partial charge on any atom is -0.483 e. The summed E-state index contributed by atoms with van der Waals surface area (Å²) >= 11 is 3.57. The average molecular weight is 466 g/mol. The Balaban J connectivity index is 1.74. The second-order valence-electron chi connectivity index (χ2n) is 8.45. The molecule has 3 nitrogen and oxygen atoms in total. The Morgan fingerprint density at radius 3 is 2.30 bits per heavy atom. The van der Waals surface area contributed by atoms with Crippen molar-refractivity contribution < 1.29 is 9.53 Å². The van der Waals surface area contributed by atoms with Crippen LogP contribution < -0.4 is 10.1 Å². The average Bonchev–Trinajstić information content (AvgIpc) is 2.71. The number of carbonyl (C=O) groups excluding carboxylic acids is 1. The van der Waals surface area contributed by atoms with Gasteiger partial charge in [-0.25, -0.2) is 0 Å². The Morgan fingerprint density at radius 1 is 1.00 bits per heavy atom. The molecule has 1 atom stereocenters. The van der Waals surface area contributed by atoms with Gasteiger partial charge in [-0.15, -0.1) is 0 Å². The number of hydrogen-bond acceptors (Lipinski definition) is 2. The summed E-state index contributed by atoms with van der Waals surface area (Å²) in [4.78, 5) is 12.8. The first-order valence-electron chi connectivity index (χ1n) is 10.1. The number of rotatable bonds is 6. The highest BCUT2D eigenvalue weighted by molar-refractivity contribution is 9.10. The molecule has 0 heterocycles. The number of hydrogen-bond donors (Lipinski definition) is 1. The number of carbonyl (C=O) groups is 1. The first kappa shape index (κ1) is 22.1. The third kappa shape index (κ3) is 5.51. The molecule has 1 amide bonds. The van der Waals surface area contributed by atoms with Crippen molar-refractivity contribution in [3.8, 4) is 5.75 Å². The van der Waals surface area contributed by atoms with Crippen molar-refractivity contribution in [2.75, 3.05) is 6.61 Å². The van der Waals surface area contributed by atoms with E-state index < -0.39 is 0 Å². The van der Waals surface area contributed by atoms with Crippen LogP contribution in [-0.2, 0) is 10.2 Å². The summed E-state index contributed by atoms with van der Waals surface area (Å²) < 4.78 is 6.66. The molecule has 3 rings (SSSR count). The Hall–Kier alpha value is -2.59. The number of amides is 1. The number of nitrogens with one attached hydrogen (secondary N) is 1. The van der Waals surface area contributed by atoms with Crippen LogP contribution in [0.2, 0.25) is 0 Å². The van der Waals surface area contributed by atoms with Crippen molar-refractivity contribution in [1.29, 1.82) is 0 Å². The maximum absolute atomic E-state index is 12.8. The molecule has 0 bridgehead atoms. The van der Waals surface area contributed by atoms with E-state index in [2.05, 4.69) is 61.1 Å². The first-order chi connectivity index (χ1) is 14.3. The molecule has 0 aliphatic rings. The summed E-state index contributed by atoms with van der Waals surface area (Å²) in [6, 6.07) is 23.9. The van der Waals surface area contributed by atoms with Crippen LogP contribution in [0.3, 0.4) is 0 Å². The van der Waals surface area contributed by atoms with Gasteiger partial charge in [0, 0.05) is 0 Å². The van der Waals surface area contributed by atoms with Crippen LogP contribution in [0.15, 0.2) is 77.3 Å². The van der Waals surface area contributed by atoms with Crippen molar-refractivity contribution in [2.45, 2.75) is 39.2 Å². The minimum absolute atomic E-state index is 0.0505. The standard InChI is InChI=1S/C26H28BrNO2/c1-18-10-8-9-13-21(18)25(19-11-6-5-7-12-19)28-24(29)17-30-23-15-14-20(16-22(23)27)26(2,3)4/h5-16,25H,17H2,1-4H3,(H,28,29)/t25-/m0/s1. The maximum Gasteiger partial charge on any atom is 0.258 e. The van der Waals surface area contributed by atoms with Gasteiger partial charge in [0.15, 0.2) is 6.61 Å². The fourth-order valence-electron chi connectivity index (χ4n) is 3.33. The van der Waals surface area contributed by atoms with Crippen LogP contribution >= 0.6 is 15.9 Å². The topological polar surface area (TPSA) is 38.3 Å². The lowest BCUT2D eigenvalue weighted by atomic mass is 9.87. The molecule has 3 aromatic carbocycles. The van der Waals surface area contributed by atoms with Gasteiger partial charge in [0.1, 0.15) is 5.75 Å². The second kappa shape index (κ2) is 9.48. The smallest absolute Gasteiger partial charge is 0.258 e. The van der Waals surface area contributed by atoms with Crippen molar-refractivity contribution in [3.05, 3.63) is 99.5 Å². The van der Waals surface area contributed by atoms with Crippen LogP contribution in [-0.4, -0.2) is 12.5 Å². The lowest BCUT2D eigenvalue weighted by Gasteiger charge is -2.22. The van der Waals surface area contributed by atoms with Crippen LogP contribution in [0.25, 0.3) is 0 Å².